The van der Waals surface area contributed by atoms with E-state index in [4.69, 9.17) is 5.73 Å². The number of pyridine rings is 1. The molecule has 0 aromatic carbocycles. The number of β-amino-alcohol motifs (C(OH)–C–C–N with tert-alkyl or cyclic N) is 1. The van der Waals surface area contributed by atoms with Crippen LogP contribution in [-0.4, -0.2) is 29.3 Å². The van der Waals surface area contributed by atoms with E-state index in [9.17, 15) is 5.11 Å². The molecule has 4 heteroatoms. The van der Waals surface area contributed by atoms with Crippen LogP contribution in [-0.2, 0) is 0 Å². The van der Waals surface area contributed by atoms with Crippen LogP contribution >= 0.6 is 0 Å². The summed E-state index contributed by atoms with van der Waals surface area (Å²) in [5.41, 5.74) is 7.42. The van der Waals surface area contributed by atoms with Gasteiger partial charge in [-0.05, 0) is 12.5 Å². The molecule has 1 fully saturated rings. The third-order valence-electron chi connectivity index (χ3n) is 2.33. The Labute approximate surface area is 77.0 Å². The van der Waals surface area contributed by atoms with Gasteiger partial charge in [0.1, 0.15) is 0 Å². The minimum atomic E-state index is -0.215. The van der Waals surface area contributed by atoms with Gasteiger partial charge in [-0.25, -0.2) is 0 Å². The molecule has 0 unspecified atom stereocenters. The number of aromatic nitrogens is 1. The monoisotopic (exact) mass is 179 g/mol. The maximum absolute atomic E-state index is 9.35. The minimum absolute atomic E-state index is 0.215. The first-order valence-electron chi connectivity index (χ1n) is 4.40. The van der Waals surface area contributed by atoms with E-state index in [2.05, 4.69) is 9.88 Å². The van der Waals surface area contributed by atoms with Crippen molar-refractivity contribution in [3.63, 3.8) is 0 Å². The van der Waals surface area contributed by atoms with Gasteiger partial charge in [-0.15, -0.1) is 0 Å². The highest BCUT2D eigenvalue weighted by Crippen LogP contribution is 2.25. The van der Waals surface area contributed by atoms with E-state index in [1.54, 1.807) is 12.4 Å². The molecule has 1 atom stereocenters. The second-order valence-electron chi connectivity index (χ2n) is 3.32. The smallest absolute Gasteiger partial charge is 0.0738 e. The van der Waals surface area contributed by atoms with E-state index < -0.39 is 0 Å². The Morgan fingerprint density at radius 1 is 1.62 bits per heavy atom. The molecule has 2 rings (SSSR count). The Kier molecular flexibility index (Phi) is 2.06. The molecule has 70 valence electrons. The van der Waals surface area contributed by atoms with Gasteiger partial charge in [-0.1, -0.05) is 0 Å². The number of nitrogen functional groups attached to an aromatic ring is 1. The van der Waals surface area contributed by atoms with Crippen molar-refractivity contribution in [2.24, 2.45) is 0 Å². The zero-order chi connectivity index (χ0) is 9.26. The molecule has 1 saturated heterocycles. The van der Waals surface area contributed by atoms with Crippen LogP contribution < -0.4 is 10.6 Å². The van der Waals surface area contributed by atoms with Crippen molar-refractivity contribution in [3.05, 3.63) is 18.5 Å². The zero-order valence-electron chi connectivity index (χ0n) is 7.35. The Bertz CT molecular complexity index is 303. The highest BCUT2D eigenvalue weighted by atomic mass is 16.3. The first kappa shape index (κ1) is 8.31. The molecule has 4 nitrogen and oxygen atoms in total. The fraction of sp³-hybridized carbons (Fsp3) is 0.444. The normalized spacial score (nSPS) is 22.2. The molecule has 3 N–H and O–H groups in total. The largest absolute Gasteiger partial charge is 0.396 e. The average Bonchev–Trinajstić information content (AvgIpc) is 2.53. The average molecular weight is 179 g/mol. The van der Waals surface area contributed by atoms with Gasteiger partial charge in [0.25, 0.3) is 0 Å². The molecule has 1 aliphatic heterocycles. The summed E-state index contributed by atoms with van der Waals surface area (Å²) in [6.07, 6.45) is 3.96. The highest BCUT2D eigenvalue weighted by molar-refractivity contribution is 5.66. The van der Waals surface area contributed by atoms with Gasteiger partial charge in [0.15, 0.2) is 0 Å². The van der Waals surface area contributed by atoms with E-state index in [0.29, 0.717) is 12.2 Å². The van der Waals surface area contributed by atoms with Crippen molar-refractivity contribution in [2.75, 3.05) is 23.7 Å². The summed E-state index contributed by atoms with van der Waals surface area (Å²) in [6, 6.07) is 1.88. The summed E-state index contributed by atoms with van der Waals surface area (Å²) < 4.78 is 0. The number of nitrogens with two attached hydrogens (primary N) is 1. The lowest BCUT2D eigenvalue weighted by molar-refractivity contribution is 0.198. The summed E-state index contributed by atoms with van der Waals surface area (Å²) in [5.74, 6) is 0. The second-order valence-corrected chi connectivity index (χ2v) is 3.32. The van der Waals surface area contributed by atoms with Gasteiger partial charge < -0.3 is 15.7 Å². The van der Waals surface area contributed by atoms with E-state index >= 15 is 0 Å². The quantitative estimate of drug-likeness (QED) is 0.648. The standard InChI is InChI=1S/C9H13N3O/c10-8-5-11-3-1-9(8)12-4-2-7(13)6-12/h1,3,5,7,13H,2,4,6,10H2/t7-/m0/s1. The Balaban J connectivity index is 2.21. The maximum Gasteiger partial charge on any atom is 0.0738 e. The number of anilines is 2. The predicted molar refractivity (Wildman–Crippen MR) is 51.5 cm³/mol. The third-order valence-corrected chi connectivity index (χ3v) is 2.33. The van der Waals surface area contributed by atoms with Crippen LogP contribution in [0.25, 0.3) is 0 Å². The first-order chi connectivity index (χ1) is 6.27. The topological polar surface area (TPSA) is 62.4 Å². The van der Waals surface area contributed by atoms with E-state index in [1.807, 2.05) is 6.07 Å². The fourth-order valence-electron chi connectivity index (χ4n) is 1.65. The zero-order valence-corrected chi connectivity index (χ0v) is 7.35. The maximum atomic E-state index is 9.35. The van der Waals surface area contributed by atoms with Crippen molar-refractivity contribution in [1.82, 2.24) is 4.98 Å². The lowest BCUT2D eigenvalue weighted by atomic mass is 10.3. The second kappa shape index (κ2) is 3.22. The molecule has 0 saturated carbocycles. The Hall–Kier alpha value is -1.29. The molecule has 0 aliphatic carbocycles. The minimum Gasteiger partial charge on any atom is -0.396 e. The lowest BCUT2D eigenvalue weighted by Crippen LogP contribution is -2.22. The van der Waals surface area contributed by atoms with Gasteiger partial charge in [-0.2, -0.15) is 0 Å². The molecule has 0 spiro atoms. The van der Waals surface area contributed by atoms with E-state index in [-0.39, 0.29) is 6.10 Å². The summed E-state index contributed by atoms with van der Waals surface area (Å²) in [5, 5.41) is 9.35. The Morgan fingerprint density at radius 2 is 2.46 bits per heavy atom. The van der Waals surface area contributed by atoms with Gasteiger partial charge in [0.2, 0.25) is 0 Å². The summed E-state index contributed by atoms with van der Waals surface area (Å²) in [6.45, 7) is 1.55. The number of rotatable bonds is 1. The van der Waals surface area contributed by atoms with E-state index in [1.165, 1.54) is 0 Å². The van der Waals surface area contributed by atoms with Gasteiger partial charge in [0, 0.05) is 19.3 Å². The molecule has 1 aromatic heterocycles. The van der Waals surface area contributed by atoms with Crippen molar-refractivity contribution < 1.29 is 5.11 Å². The summed E-state index contributed by atoms with van der Waals surface area (Å²) >= 11 is 0. The van der Waals surface area contributed by atoms with Crippen LogP contribution in [0.4, 0.5) is 11.4 Å². The van der Waals surface area contributed by atoms with Crippen LogP contribution in [0.2, 0.25) is 0 Å². The fourth-order valence-corrected chi connectivity index (χ4v) is 1.65. The number of aliphatic hydroxyl groups is 1. The van der Waals surface area contributed by atoms with Crippen LogP contribution in [0, 0.1) is 0 Å². The first-order valence-corrected chi connectivity index (χ1v) is 4.40. The van der Waals surface area contributed by atoms with Crippen molar-refractivity contribution >= 4 is 11.4 Å². The van der Waals surface area contributed by atoms with Gasteiger partial charge in [0.05, 0.1) is 23.7 Å². The van der Waals surface area contributed by atoms with Crippen LogP contribution in [0.3, 0.4) is 0 Å². The van der Waals surface area contributed by atoms with Crippen molar-refractivity contribution in [3.8, 4) is 0 Å². The lowest BCUT2D eigenvalue weighted by Gasteiger charge is -2.18. The van der Waals surface area contributed by atoms with Gasteiger partial charge in [-0.3, -0.25) is 4.98 Å². The number of nitrogens with zero attached hydrogens (tertiary/aromatic N) is 2. The van der Waals surface area contributed by atoms with Crippen molar-refractivity contribution in [2.45, 2.75) is 12.5 Å². The van der Waals surface area contributed by atoms with Crippen LogP contribution in [0.5, 0.6) is 0 Å². The molecular formula is C9H13N3O. The van der Waals surface area contributed by atoms with E-state index in [0.717, 1.165) is 18.7 Å². The molecule has 1 aromatic rings. The predicted octanol–water partition coefficient (Wildman–Crippen LogP) is 0.235. The number of hydrogen-bond acceptors (Lipinski definition) is 4. The summed E-state index contributed by atoms with van der Waals surface area (Å²) in [7, 11) is 0. The molecule has 1 aliphatic rings. The molecule has 0 amide bonds. The SMILES string of the molecule is Nc1cnccc1N1CC[C@H](O)C1. The molecule has 0 radical (unpaired) electrons. The molecule has 2 heterocycles. The highest BCUT2D eigenvalue weighted by Gasteiger charge is 2.21. The van der Waals surface area contributed by atoms with Crippen LogP contribution in [0.1, 0.15) is 6.42 Å². The van der Waals surface area contributed by atoms with Gasteiger partial charge >= 0.3 is 0 Å². The summed E-state index contributed by atoms with van der Waals surface area (Å²) in [4.78, 5) is 6.01. The molecular weight excluding hydrogens is 166 g/mol. The molecule has 13 heavy (non-hydrogen) atoms. The van der Waals surface area contributed by atoms with Crippen molar-refractivity contribution in [1.29, 1.82) is 0 Å². The number of aliphatic hydroxyl groups excluding tert-OH is 1. The third kappa shape index (κ3) is 1.58. The Morgan fingerprint density at radius 3 is 3.08 bits per heavy atom. The number of hydrogen-bond donors (Lipinski definition) is 2. The van der Waals surface area contributed by atoms with Crippen LogP contribution in [0.15, 0.2) is 18.5 Å². The molecule has 0 bridgehead atoms.